The molecule has 0 atom stereocenters. The number of alkyl halides is 3. The van der Waals surface area contributed by atoms with Crippen LogP contribution in [0.1, 0.15) is 17.5 Å². The lowest BCUT2D eigenvalue weighted by atomic mass is 10.1. The number of hydrogen-bond acceptors (Lipinski definition) is 4. The molecule has 106 valence electrons. The highest BCUT2D eigenvalue weighted by molar-refractivity contribution is 5.72. The van der Waals surface area contributed by atoms with Crippen molar-refractivity contribution in [1.82, 2.24) is 0 Å². The van der Waals surface area contributed by atoms with Crippen LogP contribution >= 0.6 is 0 Å². The van der Waals surface area contributed by atoms with E-state index in [-0.39, 0.29) is 12.0 Å². The minimum atomic E-state index is -4.72. The molecule has 0 unspecified atom stereocenters. The van der Waals surface area contributed by atoms with Gasteiger partial charge in [-0.15, -0.1) is 0 Å². The van der Waals surface area contributed by atoms with E-state index in [4.69, 9.17) is 0 Å². The van der Waals surface area contributed by atoms with Crippen molar-refractivity contribution >= 4 is 11.7 Å². The largest absolute Gasteiger partial charge is 0.468 e. The highest BCUT2D eigenvalue weighted by Gasteiger charge is 2.32. The lowest BCUT2D eigenvalue weighted by Gasteiger charge is -2.06. The van der Waals surface area contributed by atoms with Crippen LogP contribution in [0.2, 0.25) is 0 Å². The molecule has 5 nitrogen and oxygen atoms in total. The van der Waals surface area contributed by atoms with E-state index in [0.717, 1.165) is 13.2 Å². The Morgan fingerprint density at radius 2 is 2.05 bits per heavy atom. The van der Waals surface area contributed by atoms with Gasteiger partial charge in [-0.3, -0.25) is 14.9 Å². The van der Waals surface area contributed by atoms with Gasteiger partial charge >= 0.3 is 12.1 Å². The number of carbonyl (C=O) groups excluding carboxylic acids is 1. The Bertz CT molecular complexity index is 599. The minimum Gasteiger partial charge on any atom is -0.468 e. The summed E-state index contributed by atoms with van der Waals surface area (Å²) in [6, 6.07) is 2.00. The van der Waals surface area contributed by atoms with Crippen LogP contribution in [0.25, 0.3) is 0 Å². The molecule has 0 aliphatic heterocycles. The van der Waals surface area contributed by atoms with Crippen molar-refractivity contribution in [2.24, 2.45) is 0 Å². The number of methoxy groups -OCH3 is 1. The predicted molar refractivity (Wildman–Crippen MR) is 61.6 cm³/mol. The maximum Gasteiger partial charge on any atom is 0.416 e. The number of ether oxygens (including phenoxy) is 1. The normalized spacial score (nSPS) is 10.4. The second kappa shape index (κ2) is 6.06. The van der Waals surface area contributed by atoms with Gasteiger partial charge in [0.25, 0.3) is 5.69 Å². The minimum absolute atomic E-state index is 0.199. The van der Waals surface area contributed by atoms with E-state index in [1.807, 2.05) is 0 Å². The molecule has 0 fully saturated rings. The lowest BCUT2D eigenvalue weighted by molar-refractivity contribution is -0.385. The number of halogens is 3. The predicted octanol–water partition coefficient (Wildman–Crippen LogP) is 2.53. The number of rotatable bonds is 2. The van der Waals surface area contributed by atoms with Crippen LogP contribution in [-0.4, -0.2) is 18.0 Å². The van der Waals surface area contributed by atoms with E-state index in [9.17, 15) is 28.1 Å². The van der Waals surface area contributed by atoms with Gasteiger partial charge in [0.2, 0.25) is 0 Å². The topological polar surface area (TPSA) is 69.4 Å². The highest BCUT2D eigenvalue weighted by Crippen LogP contribution is 2.32. The average molecular weight is 287 g/mol. The Morgan fingerprint density at radius 3 is 2.55 bits per heavy atom. The standard InChI is InChI=1S/C12H8F3NO4/c1-20-11(17)4-2-3-8-5-9(12(13,14)15)7-10(6-8)16(18)19/h5-7H,4H2,1H3. The van der Waals surface area contributed by atoms with Gasteiger partial charge in [-0.1, -0.05) is 11.8 Å². The van der Waals surface area contributed by atoms with E-state index < -0.39 is 28.3 Å². The number of carbonyl (C=O) groups is 1. The van der Waals surface area contributed by atoms with Gasteiger partial charge in [0.1, 0.15) is 6.42 Å². The molecule has 0 aliphatic rings. The fourth-order valence-corrected chi connectivity index (χ4v) is 1.24. The fraction of sp³-hybridized carbons (Fsp3) is 0.250. The summed E-state index contributed by atoms with van der Waals surface area (Å²) in [5, 5.41) is 10.6. The number of non-ortho nitro benzene ring substituents is 1. The quantitative estimate of drug-likeness (QED) is 0.363. The molecule has 1 rings (SSSR count). The van der Waals surface area contributed by atoms with E-state index in [2.05, 4.69) is 16.6 Å². The first-order chi connectivity index (χ1) is 9.24. The molecule has 0 spiro atoms. The SMILES string of the molecule is COC(=O)CC#Cc1cc([N+](=O)[O-])cc(C(F)(F)F)c1. The summed E-state index contributed by atoms with van der Waals surface area (Å²) >= 11 is 0. The van der Waals surface area contributed by atoms with Gasteiger partial charge in [-0.2, -0.15) is 13.2 Å². The van der Waals surface area contributed by atoms with Crippen LogP contribution in [-0.2, 0) is 15.7 Å². The third kappa shape index (κ3) is 4.28. The van der Waals surface area contributed by atoms with Crippen LogP contribution in [0.3, 0.4) is 0 Å². The molecule has 0 heterocycles. The molecule has 0 N–H and O–H groups in total. The summed E-state index contributed by atoms with van der Waals surface area (Å²) in [5.41, 5.74) is -2.09. The first-order valence-corrected chi connectivity index (χ1v) is 5.16. The molecule has 0 saturated heterocycles. The summed E-state index contributed by atoms with van der Waals surface area (Å²) in [5.74, 6) is 3.89. The summed E-state index contributed by atoms with van der Waals surface area (Å²) in [4.78, 5) is 20.4. The zero-order valence-electron chi connectivity index (χ0n) is 10.2. The maximum atomic E-state index is 12.6. The molecule has 0 saturated carbocycles. The summed E-state index contributed by atoms with van der Waals surface area (Å²) in [7, 11) is 1.14. The van der Waals surface area contributed by atoms with Crippen molar-refractivity contribution < 1.29 is 27.6 Å². The van der Waals surface area contributed by atoms with E-state index in [0.29, 0.717) is 12.1 Å². The van der Waals surface area contributed by atoms with Crippen molar-refractivity contribution in [1.29, 1.82) is 0 Å². The van der Waals surface area contributed by atoms with Gasteiger partial charge in [0, 0.05) is 17.7 Å². The third-order valence-corrected chi connectivity index (χ3v) is 2.15. The van der Waals surface area contributed by atoms with Crippen LogP contribution in [0.15, 0.2) is 18.2 Å². The molecule has 0 radical (unpaired) electrons. The summed E-state index contributed by atoms with van der Waals surface area (Å²) in [6.07, 6.45) is -5.04. The molecule has 0 aliphatic carbocycles. The first kappa shape index (κ1) is 15.5. The van der Waals surface area contributed by atoms with Crippen LogP contribution in [0, 0.1) is 22.0 Å². The molecular weight excluding hydrogens is 279 g/mol. The Hall–Kier alpha value is -2.56. The van der Waals surface area contributed by atoms with E-state index in [1.54, 1.807) is 0 Å². The molecule has 1 aromatic rings. The van der Waals surface area contributed by atoms with Gasteiger partial charge in [-0.25, -0.2) is 0 Å². The molecule has 1 aromatic carbocycles. The average Bonchev–Trinajstić information content (AvgIpc) is 2.37. The number of benzene rings is 1. The number of esters is 1. The molecule has 20 heavy (non-hydrogen) atoms. The number of nitro groups is 1. The Labute approximate surface area is 111 Å². The maximum absolute atomic E-state index is 12.6. The second-order valence-electron chi connectivity index (χ2n) is 3.58. The molecule has 0 bridgehead atoms. The molecule has 0 aromatic heterocycles. The van der Waals surface area contributed by atoms with Crippen LogP contribution in [0.4, 0.5) is 18.9 Å². The third-order valence-electron chi connectivity index (χ3n) is 2.15. The molecule has 0 amide bonds. The number of hydrogen-bond donors (Lipinski definition) is 0. The van der Waals surface area contributed by atoms with Gasteiger partial charge in [-0.05, 0) is 6.07 Å². The van der Waals surface area contributed by atoms with Gasteiger partial charge < -0.3 is 4.74 Å². The van der Waals surface area contributed by atoms with Crippen molar-refractivity contribution in [2.45, 2.75) is 12.6 Å². The number of nitrogens with zero attached hydrogens (tertiary/aromatic N) is 1. The van der Waals surface area contributed by atoms with Crippen LogP contribution in [0.5, 0.6) is 0 Å². The van der Waals surface area contributed by atoms with Gasteiger partial charge in [0.15, 0.2) is 0 Å². The smallest absolute Gasteiger partial charge is 0.416 e. The molecular formula is C12H8F3NO4. The van der Waals surface area contributed by atoms with Crippen molar-refractivity contribution in [3.8, 4) is 11.8 Å². The zero-order chi connectivity index (χ0) is 15.3. The lowest BCUT2D eigenvalue weighted by Crippen LogP contribution is -2.06. The monoisotopic (exact) mass is 287 g/mol. The Balaban J connectivity index is 3.16. The Morgan fingerprint density at radius 1 is 1.40 bits per heavy atom. The van der Waals surface area contributed by atoms with Gasteiger partial charge in [0.05, 0.1) is 17.6 Å². The van der Waals surface area contributed by atoms with Crippen molar-refractivity contribution in [3.05, 3.63) is 39.4 Å². The fourth-order valence-electron chi connectivity index (χ4n) is 1.24. The Kier molecular flexibility index (Phi) is 4.69. The van der Waals surface area contributed by atoms with Crippen LogP contribution < -0.4 is 0 Å². The second-order valence-corrected chi connectivity index (χ2v) is 3.58. The van der Waals surface area contributed by atoms with Crippen molar-refractivity contribution in [2.75, 3.05) is 7.11 Å². The van der Waals surface area contributed by atoms with E-state index in [1.165, 1.54) is 0 Å². The first-order valence-electron chi connectivity index (χ1n) is 5.16. The summed E-state index contributed by atoms with van der Waals surface area (Å²) < 4.78 is 42.0. The molecule has 8 heteroatoms. The zero-order valence-corrected chi connectivity index (χ0v) is 10.2. The number of nitro benzene ring substituents is 1. The summed E-state index contributed by atoms with van der Waals surface area (Å²) in [6.45, 7) is 0. The van der Waals surface area contributed by atoms with E-state index >= 15 is 0 Å². The highest BCUT2D eigenvalue weighted by atomic mass is 19.4. The van der Waals surface area contributed by atoms with Crippen molar-refractivity contribution in [3.63, 3.8) is 0 Å².